The number of hydrogen-bond donors (Lipinski definition) is 0. The van der Waals surface area contributed by atoms with Crippen molar-refractivity contribution in [3.05, 3.63) is 35.4 Å². The molecule has 0 spiro atoms. The lowest BCUT2D eigenvalue weighted by Crippen LogP contribution is -2.21. The van der Waals surface area contributed by atoms with E-state index in [1.165, 1.54) is 11.1 Å². The van der Waals surface area contributed by atoms with Crippen molar-refractivity contribution in [3.63, 3.8) is 0 Å². The Morgan fingerprint density at radius 1 is 1.24 bits per heavy atom. The molecule has 0 saturated carbocycles. The number of rotatable bonds is 5. The summed E-state index contributed by atoms with van der Waals surface area (Å²) < 4.78 is 0. The molecule has 1 unspecified atom stereocenters. The molecule has 1 aromatic rings. The number of halogens is 1. The van der Waals surface area contributed by atoms with E-state index in [1.807, 2.05) is 13.8 Å². The second-order valence-electron chi connectivity index (χ2n) is 5.13. The van der Waals surface area contributed by atoms with E-state index in [4.69, 9.17) is 0 Å². The zero-order chi connectivity index (χ0) is 13.0. The minimum atomic E-state index is -0.0649. The summed E-state index contributed by atoms with van der Waals surface area (Å²) in [5.74, 6) is 0.900. The quantitative estimate of drug-likeness (QED) is 0.739. The summed E-state index contributed by atoms with van der Waals surface area (Å²) in [6, 6.07) is 8.51. The van der Waals surface area contributed by atoms with E-state index in [0.717, 1.165) is 6.42 Å². The summed E-state index contributed by atoms with van der Waals surface area (Å²) in [6.45, 7) is 8.26. The lowest BCUT2D eigenvalue weighted by molar-refractivity contribution is -0.121. The molecule has 0 saturated heterocycles. The van der Waals surface area contributed by atoms with Crippen LogP contribution in [0.5, 0.6) is 0 Å². The van der Waals surface area contributed by atoms with Crippen molar-refractivity contribution in [2.45, 2.75) is 44.9 Å². The van der Waals surface area contributed by atoms with Crippen molar-refractivity contribution in [3.8, 4) is 0 Å². The molecule has 17 heavy (non-hydrogen) atoms. The van der Waals surface area contributed by atoms with Gasteiger partial charge in [-0.1, -0.05) is 67.9 Å². The van der Waals surface area contributed by atoms with Crippen LogP contribution in [0.2, 0.25) is 0 Å². The highest BCUT2D eigenvalue weighted by atomic mass is 79.9. The Balaban J connectivity index is 2.75. The van der Waals surface area contributed by atoms with Crippen molar-refractivity contribution < 1.29 is 4.79 Å². The summed E-state index contributed by atoms with van der Waals surface area (Å²) in [5, 5.41) is 0. The van der Waals surface area contributed by atoms with Gasteiger partial charge >= 0.3 is 0 Å². The first-order chi connectivity index (χ1) is 7.91. The van der Waals surface area contributed by atoms with E-state index in [2.05, 4.69) is 54.0 Å². The van der Waals surface area contributed by atoms with Gasteiger partial charge in [0.1, 0.15) is 5.78 Å². The average molecular weight is 297 g/mol. The molecule has 0 aromatic heterocycles. The third kappa shape index (κ3) is 4.27. The number of carbonyl (C=O) groups is 1. The molecule has 0 aliphatic heterocycles. The third-order valence-electron chi connectivity index (χ3n) is 2.91. The third-order valence-corrected chi connectivity index (χ3v) is 3.69. The minimum absolute atomic E-state index is 0.0649. The Labute approximate surface area is 113 Å². The number of benzene rings is 1. The van der Waals surface area contributed by atoms with Crippen molar-refractivity contribution in [1.82, 2.24) is 0 Å². The molecular weight excluding hydrogens is 276 g/mol. The molecule has 0 aliphatic rings. The minimum Gasteiger partial charge on any atom is -0.298 e. The largest absolute Gasteiger partial charge is 0.298 e. The summed E-state index contributed by atoms with van der Waals surface area (Å²) in [7, 11) is 0. The van der Waals surface area contributed by atoms with Gasteiger partial charge < -0.3 is 0 Å². The standard InChI is InChI=1S/C15H21BrO/c1-10(2)13-7-5-6-12(8-13)9-14(16)15(17)11(3)4/h5-8,10-11,14H,9H2,1-4H3. The normalized spacial score (nSPS) is 13.1. The molecule has 0 fully saturated rings. The van der Waals surface area contributed by atoms with Crippen LogP contribution in [-0.4, -0.2) is 10.6 Å². The van der Waals surface area contributed by atoms with Crippen molar-refractivity contribution >= 4 is 21.7 Å². The fraction of sp³-hybridized carbons (Fsp3) is 0.533. The number of ketones is 1. The van der Waals surface area contributed by atoms with Crippen LogP contribution in [0.4, 0.5) is 0 Å². The van der Waals surface area contributed by atoms with Gasteiger partial charge in [-0.3, -0.25) is 4.79 Å². The zero-order valence-corrected chi connectivity index (χ0v) is 12.6. The Hall–Kier alpha value is -0.630. The first kappa shape index (κ1) is 14.4. The van der Waals surface area contributed by atoms with Crippen LogP contribution in [0, 0.1) is 5.92 Å². The Morgan fingerprint density at radius 2 is 1.88 bits per heavy atom. The molecule has 0 radical (unpaired) electrons. The van der Waals surface area contributed by atoms with Gasteiger partial charge in [0.15, 0.2) is 0 Å². The monoisotopic (exact) mass is 296 g/mol. The molecule has 1 atom stereocenters. The fourth-order valence-corrected chi connectivity index (χ4v) is 2.65. The number of carbonyl (C=O) groups excluding carboxylic acids is 1. The molecule has 2 heteroatoms. The van der Waals surface area contributed by atoms with Crippen LogP contribution in [0.25, 0.3) is 0 Å². The number of alkyl halides is 1. The number of Topliss-reactive ketones (excluding diaryl/α,β-unsaturated/α-hetero) is 1. The molecule has 0 aliphatic carbocycles. The van der Waals surface area contributed by atoms with Gasteiger partial charge in [-0.15, -0.1) is 0 Å². The summed E-state index contributed by atoms with van der Waals surface area (Å²) in [5.41, 5.74) is 2.56. The first-order valence-corrected chi connectivity index (χ1v) is 7.10. The lowest BCUT2D eigenvalue weighted by atomic mass is 9.96. The average Bonchev–Trinajstić information content (AvgIpc) is 2.28. The molecule has 0 amide bonds. The van der Waals surface area contributed by atoms with Gasteiger partial charge in [-0.2, -0.15) is 0 Å². The summed E-state index contributed by atoms with van der Waals surface area (Å²) >= 11 is 3.49. The fourth-order valence-electron chi connectivity index (χ4n) is 1.75. The highest BCUT2D eigenvalue weighted by molar-refractivity contribution is 9.10. The Kier molecular flexibility index (Phi) is 5.38. The van der Waals surface area contributed by atoms with E-state index in [9.17, 15) is 4.79 Å². The van der Waals surface area contributed by atoms with Gasteiger partial charge in [-0.25, -0.2) is 0 Å². The maximum Gasteiger partial charge on any atom is 0.149 e. The second kappa shape index (κ2) is 6.34. The summed E-state index contributed by atoms with van der Waals surface area (Å²) in [4.78, 5) is 11.8. The zero-order valence-electron chi connectivity index (χ0n) is 11.0. The Bertz CT molecular complexity index is 382. The smallest absolute Gasteiger partial charge is 0.149 e. The molecule has 1 rings (SSSR count). The second-order valence-corrected chi connectivity index (χ2v) is 6.23. The first-order valence-electron chi connectivity index (χ1n) is 6.18. The molecule has 0 heterocycles. The Morgan fingerprint density at radius 3 is 2.41 bits per heavy atom. The SMILES string of the molecule is CC(C)C(=O)C(Br)Cc1cccc(C(C)C)c1. The van der Waals surface area contributed by atoms with Crippen LogP contribution in [0.3, 0.4) is 0 Å². The summed E-state index contributed by atoms with van der Waals surface area (Å²) in [6.07, 6.45) is 0.775. The van der Waals surface area contributed by atoms with E-state index >= 15 is 0 Å². The molecule has 0 N–H and O–H groups in total. The molecule has 0 bridgehead atoms. The lowest BCUT2D eigenvalue weighted by Gasteiger charge is -2.13. The van der Waals surface area contributed by atoms with E-state index in [0.29, 0.717) is 5.92 Å². The van der Waals surface area contributed by atoms with E-state index in [-0.39, 0.29) is 16.5 Å². The van der Waals surface area contributed by atoms with Gasteiger partial charge in [-0.05, 0) is 23.5 Å². The predicted octanol–water partition coefficient (Wildman–Crippen LogP) is 4.34. The highest BCUT2D eigenvalue weighted by Crippen LogP contribution is 2.19. The molecule has 94 valence electrons. The van der Waals surface area contributed by atoms with Gasteiger partial charge in [0, 0.05) is 5.92 Å². The highest BCUT2D eigenvalue weighted by Gasteiger charge is 2.18. The maximum absolute atomic E-state index is 11.8. The van der Waals surface area contributed by atoms with Crippen LogP contribution in [0.15, 0.2) is 24.3 Å². The number of hydrogen-bond acceptors (Lipinski definition) is 1. The van der Waals surface area contributed by atoms with Crippen LogP contribution >= 0.6 is 15.9 Å². The van der Waals surface area contributed by atoms with Crippen LogP contribution in [0.1, 0.15) is 44.7 Å². The predicted molar refractivity (Wildman–Crippen MR) is 76.8 cm³/mol. The van der Waals surface area contributed by atoms with E-state index in [1.54, 1.807) is 0 Å². The van der Waals surface area contributed by atoms with Crippen molar-refractivity contribution in [1.29, 1.82) is 0 Å². The van der Waals surface area contributed by atoms with E-state index < -0.39 is 0 Å². The van der Waals surface area contributed by atoms with Crippen molar-refractivity contribution in [2.75, 3.05) is 0 Å². The molecular formula is C15H21BrO. The van der Waals surface area contributed by atoms with Gasteiger partial charge in [0.05, 0.1) is 4.83 Å². The van der Waals surface area contributed by atoms with Gasteiger partial charge in [0.2, 0.25) is 0 Å². The van der Waals surface area contributed by atoms with Crippen LogP contribution < -0.4 is 0 Å². The maximum atomic E-state index is 11.8. The molecule has 1 aromatic carbocycles. The van der Waals surface area contributed by atoms with Crippen molar-refractivity contribution in [2.24, 2.45) is 5.92 Å². The molecule has 1 nitrogen and oxygen atoms in total. The van der Waals surface area contributed by atoms with Crippen LogP contribution in [-0.2, 0) is 11.2 Å². The van der Waals surface area contributed by atoms with Gasteiger partial charge in [0.25, 0.3) is 0 Å². The topological polar surface area (TPSA) is 17.1 Å².